The van der Waals surface area contributed by atoms with E-state index in [9.17, 15) is 4.79 Å². The van der Waals surface area contributed by atoms with Crippen LogP contribution in [0.4, 0.5) is 5.82 Å². The van der Waals surface area contributed by atoms with Crippen LogP contribution in [0.1, 0.15) is 36.2 Å². The van der Waals surface area contributed by atoms with Gasteiger partial charge in [-0.1, -0.05) is 6.07 Å². The van der Waals surface area contributed by atoms with Crippen LogP contribution in [-0.2, 0) is 11.2 Å². The van der Waals surface area contributed by atoms with Gasteiger partial charge in [0, 0.05) is 44.5 Å². The molecule has 2 aromatic heterocycles. The van der Waals surface area contributed by atoms with Crippen LogP contribution in [-0.4, -0.2) is 52.2 Å². The highest BCUT2D eigenvalue weighted by Crippen LogP contribution is 2.21. The highest BCUT2D eigenvalue weighted by atomic mass is 16.2. The molecule has 3 rings (SSSR count). The normalized spacial score (nSPS) is 17.6. The number of hydrogen-bond acceptors (Lipinski definition) is 4. The fourth-order valence-corrected chi connectivity index (χ4v) is 3.57. The number of aryl methyl sites for hydroxylation is 2. The Morgan fingerprint density at radius 2 is 2.24 bits per heavy atom. The molecule has 1 amide bonds. The summed E-state index contributed by atoms with van der Waals surface area (Å²) in [5.41, 5.74) is 3.22. The van der Waals surface area contributed by atoms with Gasteiger partial charge in [0.25, 0.3) is 0 Å². The second kappa shape index (κ2) is 7.68. The molecule has 6 nitrogen and oxygen atoms in total. The minimum atomic E-state index is 0.202. The zero-order chi connectivity index (χ0) is 17.8. The molecule has 134 valence electrons. The summed E-state index contributed by atoms with van der Waals surface area (Å²) in [5.74, 6) is 1.20. The van der Waals surface area contributed by atoms with E-state index in [0.717, 1.165) is 49.6 Å². The van der Waals surface area contributed by atoms with Crippen LogP contribution >= 0.6 is 0 Å². The summed E-state index contributed by atoms with van der Waals surface area (Å²) in [4.78, 5) is 21.3. The Kier molecular flexibility index (Phi) is 5.36. The first-order valence-corrected chi connectivity index (χ1v) is 8.98. The van der Waals surface area contributed by atoms with Crippen molar-refractivity contribution in [3.63, 3.8) is 0 Å². The zero-order valence-corrected chi connectivity index (χ0v) is 15.3. The third-order valence-corrected chi connectivity index (χ3v) is 5.18. The van der Waals surface area contributed by atoms with E-state index in [1.807, 2.05) is 50.2 Å². The second-order valence-electron chi connectivity index (χ2n) is 6.85. The third kappa shape index (κ3) is 4.00. The maximum Gasteiger partial charge on any atom is 0.222 e. The molecule has 3 heterocycles. The average molecular weight is 341 g/mol. The first kappa shape index (κ1) is 17.5. The van der Waals surface area contributed by atoms with Gasteiger partial charge in [0.05, 0.1) is 5.69 Å². The molecule has 0 radical (unpaired) electrons. The highest BCUT2D eigenvalue weighted by molar-refractivity contribution is 5.76. The van der Waals surface area contributed by atoms with Gasteiger partial charge in [-0.15, -0.1) is 0 Å². The topological polar surface area (TPSA) is 65.1 Å². The second-order valence-corrected chi connectivity index (χ2v) is 6.85. The van der Waals surface area contributed by atoms with Crippen LogP contribution in [0.25, 0.3) is 0 Å². The number of aromatic amines is 1. The van der Waals surface area contributed by atoms with Crippen LogP contribution < -0.4 is 4.90 Å². The highest BCUT2D eigenvalue weighted by Gasteiger charge is 2.26. The number of carbonyl (C=O) groups excluding carboxylic acids is 1. The number of amides is 1. The number of hydrogen-bond donors (Lipinski definition) is 1. The standard InChI is InChI=1S/C19H27N5O/c1-14-17(15(2)22-21-14)9-10-19(25)23(3)16-7-6-12-24(13-16)18-8-4-5-11-20-18/h4-5,8,11,16H,6-7,9-10,12-13H2,1-3H3,(H,21,22). The summed E-state index contributed by atoms with van der Waals surface area (Å²) in [7, 11) is 1.93. The van der Waals surface area contributed by atoms with Gasteiger partial charge in [-0.3, -0.25) is 9.89 Å². The zero-order valence-electron chi connectivity index (χ0n) is 15.3. The quantitative estimate of drug-likeness (QED) is 0.907. The lowest BCUT2D eigenvalue weighted by molar-refractivity contribution is -0.132. The molecule has 1 aliphatic rings. The first-order valence-electron chi connectivity index (χ1n) is 8.98. The van der Waals surface area contributed by atoms with Crippen LogP contribution in [0.15, 0.2) is 24.4 Å². The molecule has 0 bridgehead atoms. The molecule has 1 saturated heterocycles. The number of pyridine rings is 1. The van der Waals surface area contributed by atoms with Gasteiger partial charge in [-0.25, -0.2) is 4.98 Å². The molecule has 0 aliphatic carbocycles. The third-order valence-electron chi connectivity index (χ3n) is 5.18. The predicted octanol–water partition coefficient (Wildman–Crippen LogP) is 2.48. The molecule has 1 fully saturated rings. The van der Waals surface area contributed by atoms with Crippen molar-refractivity contribution in [3.05, 3.63) is 41.3 Å². The molecule has 1 aliphatic heterocycles. The van der Waals surface area contributed by atoms with Crippen molar-refractivity contribution >= 4 is 11.7 Å². The van der Waals surface area contributed by atoms with E-state index in [1.54, 1.807) is 0 Å². The monoisotopic (exact) mass is 341 g/mol. The lowest BCUT2D eigenvalue weighted by atomic mass is 10.0. The van der Waals surface area contributed by atoms with Gasteiger partial charge in [-0.2, -0.15) is 5.10 Å². The number of piperidine rings is 1. The summed E-state index contributed by atoms with van der Waals surface area (Å²) in [5, 5.41) is 7.20. The van der Waals surface area contributed by atoms with Gasteiger partial charge < -0.3 is 9.80 Å². The number of nitrogens with zero attached hydrogens (tertiary/aromatic N) is 4. The maximum atomic E-state index is 12.7. The van der Waals surface area contributed by atoms with Crippen molar-refractivity contribution in [2.24, 2.45) is 0 Å². The molecule has 1 atom stereocenters. The number of nitrogens with one attached hydrogen (secondary N) is 1. The van der Waals surface area contributed by atoms with Gasteiger partial charge in [0.1, 0.15) is 5.82 Å². The molecule has 0 saturated carbocycles. The minimum Gasteiger partial charge on any atom is -0.355 e. The summed E-state index contributed by atoms with van der Waals surface area (Å²) in [6.07, 6.45) is 5.23. The number of aromatic nitrogens is 3. The summed E-state index contributed by atoms with van der Waals surface area (Å²) >= 11 is 0. The molecule has 0 aromatic carbocycles. The Labute approximate surface area is 149 Å². The van der Waals surface area contributed by atoms with Crippen molar-refractivity contribution in [1.82, 2.24) is 20.1 Å². The van der Waals surface area contributed by atoms with E-state index in [0.29, 0.717) is 6.42 Å². The lowest BCUT2D eigenvalue weighted by Crippen LogP contribution is -2.48. The first-order chi connectivity index (χ1) is 12.1. The van der Waals surface area contributed by atoms with Crippen molar-refractivity contribution in [2.75, 3.05) is 25.0 Å². The molecule has 0 spiro atoms. The number of likely N-dealkylation sites (N-methyl/N-ethyl adjacent to an activating group) is 1. The summed E-state index contributed by atoms with van der Waals surface area (Å²) < 4.78 is 0. The van der Waals surface area contributed by atoms with Crippen LogP contribution in [0, 0.1) is 13.8 Å². The molecule has 1 unspecified atom stereocenters. The number of anilines is 1. The van der Waals surface area contributed by atoms with Gasteiger partial charge in [0.2, 0.25) is 5.91 Å². The minimum absolute atomic E-state index is 0.202. The Hall–Kier alpha value is -2.37. The van der Waals surface area contributed by atoms with Crippen LogP contribution in [0.5, 0.6) is 0 Å². The molecule has 2 aromatic rings. The van der Waals surface area contributed by atoms with E-state index in [1.165, 1.54) is 5.56 Å². The smallest absolute Gasteiger partial charge is 0.222 e. The predicted molar refractivity (Wildman–Crippen MR) is 98.6 cm³/mol. The van der Waals surface area contributed by atoms with E-state index >= 15 is 0 Å². The number of H-pyrrole nitrogens is 1. The van der Waals surface area contributed by atoms with E-state index in [2.05, 4.69) is 20.1 Å². The Bertz CT molecular complexity index is 692. The van der Waals surface area contributed by atoms with Crippen LogP contribution in [0.3, 0.4) is 0 Å². The van der Waals surface area contributed by atoms with Crippen molar-refractivity contribution in [3.8, 4) is 0 Å². The van der Waals surface area contributed by atoms with Gasteiger partial charge >= 0.3 is 0 Å². The van der Waals surface area contributed by atoms with Crippen LogP contribution in [0.2, 0.25) is 0 Å². The lowest BCUT2D eigenvalue weighted by Gasteiger charge is -2.38. The Morgan fingerprint density at radius 3 is 2.92 bits per heavy atom. The largest absolute Gasteiger partial charge is 0.355 e. The Balaban J connectivity index is 1.58. The fraction of sp³-hybridized carbons (Fsp3) is 0.526. The molecule has 6 heteroatoms. The number of rotatable bonds is 5. The fourth-order valence-electron chi connectivity index (χ4n) is 3.57. The molecule has 25 heavy (non-hydrogen) atoms. The summed E-state index contributed by atoms with van der Waals surface area (Å²) in [6.45, 7) is 5.85. The SMILES string of the molecule is Cc1n[nH]c(C)c1CCC(=O)N(C)C1CCCN(c2ccccn2)C1. The Morgan fingerprint density at radius 1 is 1.40 bits per heavy atom. The maximum absolute atomic E-state index is 12.7. The van der Waals surface area contributed by atoms with Gasteiger partial charge in [-0.05, 0) is 50.8 Å². The molecule has 1 N–H and O–H groups in total. The molecular formula is C19H27N5O. The number of carbonyl (C=O) groups is 1. The van der Waals surface area contributed by atoms with Crippen molar-refractivity contribution in [2.45, 2.75) is 45.6 Å². The molecular weight excluding hydrogens is 314 g/mol. The van der Waals surface area contributed by atoms with Crippen molar-refractivity contribution < 1.29 is 4.79 Å². The average Bonchev–Trinajstić information content (AvgIpc) is 2.98. The summed E-state index contributed by atoms with van der Waals surface area (Å²) in [6, 6.07) is 6.22. The van der Waals surface area contributed by atoms with E-state index < -0.39 is 0 Å². The van der Waals surface area contributed by atoms with Crippen molar-refractivity contribution in [1.29, 1.82) is 0 Å². The van der Waals surface area contributed by atoms with Gasteiger partial charge in [0.15, 0.2) is 0 Å². The van der Waals surface area contributed by atoms with E-state index in [4.69, 9.17) is 0 Å². The van der Waals surface area contributed by atoms with E-state index in [-0.39, 0.29) is 11.9 Å².